The molecule has 1 heterocycles. The van der Waals surface area contributed by atoms with E-state index in [1.54, 1.807) is 6.07 Å². The zero-order valence-corrected chi connectivity index (χ0v) is 18.9. The molecule has 7 nitrogen and oxygen atoms in total. The van der Waals surface area contributed by atoms with Crippen LogP contribution >= 0.6 is 11.6 Å². The molecule has 0 saturated heterocycles. The summed E-state index contributed by atoms with van der Waals surface area (Å²) in [4.78, 5) is 39.0. The SMILES string of the molecule is Cc1ccc(C2C3=C(CC(C)(C)CC3=O)Nc3cc([N+](=O)[O-])ccc3N2C(=O)CCl)cc1. The van der Waals surface area contributed by atoms with E-state index in [0.29, 0.717) is 35.5 Å². The second kappa shape index (κ2) is 8.06. The third-order valence-electron chi connectivity index (χ3n) is 5.96. The van der Waals surface area contributed by atoms with Gasteiger partial charge in [-0.1, -0.05) is 43.7 Å². The number of hydrogen-bond donors (Lipinski definition) is 1. The van der Waals surface area contributed by atoms with E-state index in [2.05, 4.69) is 5.32 Å². The Bertz CT molecular complexity index is 1150. The number of aryl methyl sites for hydroxylation is 1. The van der Waals surface area contributed by atoms with Crippen LogP contribution in [0.4, 0.5) is 17.1 Å². The number of carbonyl (C=O) groups is 2. The van der Waals surface area contributed by atoms with Crippen LogP contribution < -0.4 is 10.2 Å². The average Bonchev–Trinajstić information content (AvgIpc) is 2.86. The number of halogens is 1. The van der Waals surface area contributed by atoms with E-state index < -0.39 is 11.0 Å². The van der Waals surface area contributed by atoms with Gasteiger partial charge >= 0.3 is 0 Å². The lowest BCUT2D eigenvalue weighted by Gasteiger charge is -2.37. The van der Waals surface area contributed by atoms with Gasteiger partial charge in [0.1, 0.15) is 5.88 Å². The lowest BCUT2D eigenvalue weighted by molar-refractivity contribution is -0.384. The summed E-state index contributed by atoms with van der Waals surface area (Å²) in [6, 6.07) is 11.3. The van der Waals surface area contributed by atoms with Crippen LogP contribution in [0.5, 0.6) is 0 Å². The first-order valence-corrected chi connectivity index (χ1v) is 10.9. The molecule has 2 aliphatic rings. The Labute approximate surface area is 191 Å². The molecule has 0 fully saturated rings. The van der Waals surface area contributed by atoms with Gasteiger partial charge in [-0.2, -0.15) is 0 Å². The van der Waals surface area contributed by atoms with E-state index >= 15 is 0 Å². The summed E-state index contributed by atoms with van der Waals surface area (Å²) >= 11 is 6.00. The van der Waals surface area contributed by atoms with E-state index in [-0.39, 0.29) is 28.7 Å². The molecule has 0 spiro atoms. The van der Waals surface area contributed by atoms with Crippen molar-refractivity contribution in [1.29, 1.82) is 0 Å². The van der Waals surface area contributed by atoms with Crippen molar-refractivity contribution < 1.29 is 14.5 Å². The number of hydrogen-bond acceptors (Lipinski definition) is 5. The molecule has 2 aromatic rings. The zero-order valence-electron chi connectivity index (χ0n) is 18.1. The van der Waals surface area contributed by atoms with E-state index in [9.17, 15) is 19.7 Å². The molecular formula is C24H24ClN3O4. The zero-order chi connectivity index (χ0) is 23.2. The number of nitro benzene ring substituents is 1. The monoisotopic (exact) mass is 453 g/mol. The van der Waals surface area contributed by atoms with Crippen LogP contribution in [-0.2, 0) is 9.59 Å². The number of non-ortho nitro benzene ring substituents is 1. The molecule has 1 unspecified atom stereocenters. The summed E-state index contributed by atoms with van der Waals surface area (Å²) in [5.74, 6) is -0.731. The van der Waals surface area contributed by atoms with Gasteiger partial charge in [0.25, 0.3) is 5.69 Å². The van der Waals surface area contributed by atoms with Crippen LogP contribution in [0, 0.1) is 22.5 Å². The maximum atomic E-state index is 13.5. The van der Waals surface area contributed by atoms with Crippen LogP contribution in [0.3, 0.4) is 0 Å². The third-order valence-corrected chi connectivity index (χ3v) is 6.19. The van der Waals surface area contributed by atoms with E-state index in [1.165, 1.54) is 17.0 Å². The number of Topliss-reactive ketones (excluding diaryl/α,β-unsaturated/α-hetero) is 1. The molecule has 0 aromatic heterocycles. The summed E-state index contributed by atoms with van der Waals surface area (Å²) in [5.41, 5.74) is 3.49. The Morgan fingerprint density at radius 2 is 1.91 bits per heavy atom. The minimum absolute atomic E-state index is 0.0518. The summed E-state index contributed by atoms with van der Waals surface area (Å²) in [7, 11) is 0. The first-order valence-electron chi connectivity index (χ1n) is 10.4. The fourth-order valence-electron chi connectivity index (χ4n) is 4.55. The van der Waals surface area contributed by atoms with Crippen LogP contribution in [-0.4, -0.2) is 22.5 Å². The number of carbonyl (C=O) groups excluding carboxylic acids is 2. The second-order valence-electron chi connectivity index (χ2n) is 9.13. The van der Waals surface area contributed by atoms with Gasteiger partial charge in [-0.25, -0.2) is 0 Å². The molecule has 1 aliphatic carbocycles. The van der Waals surface area contributed by atoms with Crippen molar-refractivity contribution >= 4 is 40.4 Å². The lowest BCUT2D eigenvalue weighted by atomic mass is 9.73. The molecule has 166 valence electrons. The molecule has 2 aromatic carbocycles. The van der Waals surface area contributed by atoms with Crippen molar-refractivity contribution in [3.05, 3.63) is 75.0 Å². The highest BCUT2D eigenvalue weighted by atomic mass is 35.5. The van der Waals surface area contributed by atoms with Gasteiger partial charge in [-0.05, 0) is 30.4 Å². The van der Waals surface area contributed by atoms with Crippen LogP contribution in [0.1, 0.15) is 43.9 Å². The number of anilines is 2. The molecule has 0 radical (unpaired) electrons. The van der Waals surface area contributed by atoms with E-state index in [0.717, 1.165) is 11.1 Å². The van der Waals surface area contributed by atoms with Crippen LogP contribution in [0.15, 0.2) is 53.7 Å². The number of fused-ring (bicyclic) bond motifs is 1. The molecule has 1 amide bonds. The number of rotatable bonds is 3. The smallest absolute Gasteiger partial charge is 0.271 e. The van der Waals surface area contributed by atoms with E-state index in [4.69, 9.17) is 11.6 Å². The molecule has 1 atom stereocenters. The normalized spacial score (nSPS) is 19.6. The van der Waals surface area contributed by atoms with Gasteiger partial charge < -0.3 is 5.32 Å². The quantitative estimate of drug-likeness (QED) is 0.387. The maximum Gasteiger partial charge on any atom is 0.271 e. The van der Waals surface area contributed by atoms with Crippen molar-refractivity contribution in [3.63, 3.8) is 0 Å². The topological polar surface area (TPSA) is 92.5 Å². The number of alkyl halides is 1. The van der Waals surface area contributed by atoms with Crippen molar-refractivity contribution in [2.45, 2.75) is 39.7 Å². The van der Waals surface area contributed by atoms with Gasteiger partial charge in [0.2, 0.25) is 5.91 Å². The van der Waals surface area contributed by atoms with Gasteiger partial charge in [-0.3, -0.25) is 24.6 Å². The summed E-state index contributed by atoms with van der Waals surface area (Å²) in [5, 5.41) is 14.7. The maximum absolute atomic E-state index is 13.5. The second-order valence-corrected chi connectivity index (χ2v) is 9.39. The Hall–Kier alpha value is -3.19. The Balaban J connectivity index is 2.02. The number of allylic oxidation sites excluding steroid dienone is 1. The van der Waals surface area contributed by atoms with Crippen molar-refractivity contribution in [2.75, 3.05) is 16.1 Å². The molecule has 1 aliphatic heterocycles. The van der Waals surface area contributed by atoms with Crippen molar-refractivity contribution in [3.8, 4) is 0 Å². The first-order chi connectivity index (χ1) is 15.1. The summed E-state index contributed by atoms with van der Waals surface area (Å²) < 4.78 is 0. The predicted octanol–water partition coefficient (Wildman–Crippen LogP) is 5.29. The molecule has 32 heavy (non-hydrogen) atoms. The molecule has 4 rings (SSSR count). The minimum atomic E-state index is -0.685. The third kappa shape index (κ3) is 3.88. The molecule has 8 heteroatoms. The standard InChI is InChI=1S/C24H24ClN3O4/c1-14-4-6-15(7-5-14)23-22-18(11-24(2,3)12-20(22)29)26-17-10-16(28(31)32)8-9-19(17)27(23)21(30)13-25/h4-10,23,26H,11-13H2,1-3H3. The molecular weight excluding hydrogens is 430 g/mol. The molecule has 0 bridgehead atoms. The van der Waals surface area contributed by atoms with E-state index in [1.807, 2.05) is 45.0 Å². The molecule has 0 saturated carbocycles. The first kappa shape index (κ1) is 22.0. The van der Waals surface area contributed by atoms with Crippen molar-refractivity contribution in [2.24, 2.45) is 5.41 Å². The number of nitro groups is 1. The fourth-order valence-corrected chi connectivity index (χ4v) is 4.68. The summed E-state index contributed by atoms with van der Waals surface area (Å²) in [6.07, 6.45) is 0.913. The van der Waals surface area contributed by atoms with Gasteiger partial charge in [0.05, 0.1) is 22.3 Å². The van der Waals surface area contributed by atoms with Crippen molar-refractivity contribution in [1.82, 2.24) is 0 Å². The number of ketones is 1. The Morgan fingerprint density at radius 1 is 1.22 bits per heavy atom. The highest BCUT2D eigenvalue weighted by Crippen LogP contribution is 2.49. The van der Waals surface area contributed by atoms with Crippen LogP contribution in [0.25, 0.3) is 0 Å². The number of nitrogens with one attached hydrogen (secondary N) is 1. The Morgan fingerprint density at radius 3 is 2.53 bits per heavy atom. The Kier molecular flexibility index (Phi) is 5.54. The number of nitrogens with zero attached hydrogens (tertiary/aromatic N) is 2. The summed E-state index contributed by atoms with van der Waals surface area (Å²) in [6.45, 7) is 5.99. The average molecular weight is 454 g/mol. The highest BCUT2D eigenvalue weighted by molar-refractivity contribution is 6.30. The van der Waals surface area contributed by atoms with Crippen LogP contribution in [0.2, 0.25) is 0 Å². The fraction of sp³-hybridized carbons (Fsp3) is 0.333. The van der Waals surface area contributed by atoms with Gasteiger partial charge in [0, 0.05) is 29.8 Å². The van der Waals surface area contributed by atoms with Gasteiger partial charge in [0.15, 0.2) is 5.78 Å². The van der Waals surface area contributed by atoms with Gasteiger partial charge in [-0.15, -0.1) is 11.6 Å². The lowest BCUT2D eigenvalue weighted by Crippen LogP contribution is -2.40. The largest absolute Gasteiger partial charge is 0.357 e. The highest BCUT2D eigenvalue weighted by Gasteiger charge is 2.43. The molecule has 1 N–H and O–H groups in total. The minimum Gasteiger partial charge on any atom is -0.357 e. The predicted molar refractivity (Wildman–Crippen MR) is 124 cm³/mol. The number of amides is 1. The number of benzene rings is 2.